The zero-order chi connectivity index (χ0) is 31.5. The molecular formula is C45H25N3. The van der Waals surface area contributed by atoms with Crippen LogP contribution in [0.1, 0.15) is 5.56 Å². The number of benzene rings is 8. The van der Waals surface area contributed by atoms with Crippen LogP contribution in [0.5, 0.6) is 0 Å². The largest absolute Gasteiger partial charge is 0.309 e. The zero-order valence-corrected chi connectivity index (χ0v) is 25.8. The molecule has 8 aromatic carbocycles. The average molecular weight is 608 g/mol. The summed E-state index contributed by atoms with van der Waals surface area (Å²) in [5, 5.41) is 19.6. The summed E-state index contributed by atoms with van der Waals surface area (Å²) >= 11 is 0. The molecule has 0 spiro atoms. The summed E-state index contributed by atoms with van der Waals surface area (Å²) in [6.07, 6.45) is 0. The summed E-state index contributed by atoms with van der Waals surface area (Å²) in [7, 11) is 0. The molecule has 48 heavy (non-hydrogen) atoms. The van der Waals surface area contributed by atoms with E-state index in [1.807, 2.05) is 12.1 Å². The van der Waals surface area contributed by atoms with Gasteiger partial charge in [0.15, 0.2) is 0 Å². The first kappa shape index (κ1) is 25.5. The Morgan fingerprint density at radius 1 is 0.417 bits per heavy atom. The molecule has 1 aliphatic carbocycles. The topological polar surface area (TPSA) is 33.6 Å². The van der Waals surface area contributed by atoms with Gasteiger partial charge in [-0.2, -0.15) is 5.26 Å². The lowest BCUT2D eigenvalue weighted by Gasteiger charge is -2.13. The predicted octanol–water partition coefficient (Wildman–Crippen LogP) is 11.7. The van der Waals surface area contributed by atoms with Gasteiger partial charge in [-0.1, -0.05) is 103 Å². The minimum absolute atomic E-state index is 0.687. The Morgan fingerprint density at radius 3 is 2.04 bits per heavy atom. The van der Waals surface area contributed by atoms with Crippen molar-refractivity contribution in [3.05, 3.63) is 157 Å². The number of nitriles is 1. The third-order valence-corrected chi connectivity index (χ3v) is 10.5. The van der Waals surface area contributed by atoms with E-state index >= 15 is 0 Å². The van der Waals surface area contributed by atoms with Crippen molar-refractivity contribution in [1.29, 1.82) is 5.26 Å². The Kier molecular flexibility index (Phi) is 4.91. The van der Waals surface area contributed by atoms with Crippen molar-refractivity contribution in [1.82, 2.24) is 9.13 Å². The van der Waals surface area contributed by atoms with Gasteiger partial charge in [0, 0.05) is 32.6 Å². The van der Waals surface area contributed by atoms with Crippen LogP contribution in [-0.4, -0.2) is 9.13 Å². The highest BCUT2D eigenvalue weighted by molar-refractivity contribution is 6.30. The maximum absolute atomic E-state index is 9.66. The van der Waals surface area contributed by atoms with E-state index in [-0.39, 0.29) is 0 Å². The highest BCUT2D eigenvalue weighted by Crippen LogP contribution is 2.50. The molecule has 0 N–H and O–H groups in total. The smallest absolute Gasteiger partial charge is 0.0991 e. The second kappa shape index (κ2) is 9.22. The average Bonchev–Trinajstić information content (AvgIpc) is 3.78. The van der Waals surface area contributed by atoms with Gasteiger partial charge < -0.3 is 9.13 Å². The van der Waals surface area contributed by atoms with Crippen molar-refractivity contribution in [2.75, 3.05) is 0 Å². The summed E-state index contributed by atoms with van der Waals surface area (Å²) in [4.78, 5) is 0. The Labute approximate surface area is 275 Å². The van der Waals surface area contributed by atoms with Crippen LogP contribution in [0.4, 0.5) is 0 Å². The highest BCUT2D eigenvalue weighted by atomic mass is 15.0. The molecule has 0 saturated heterocycles. The Bertz CT molecular complexity index is 3060. The number of hydrogen-bond acceptors (Lipinski definition) is 1. The van der Waals surface area contributed by atoms with Crippen LogP contribution >= 0.6 is 0 Å². The molecule has 3 nitrogen and oxygen atoms in total. The van der Waals surface area contributed by atoms with E-state index in [4.69, 9.17) is 0 Å². The van der Waals surface area contributed by atoms with Gasteiger partial charge in [-0.15, -0.1) is 0 Å². The number of rotatable bonds is 2. The molecule has 0 radical (unpaired) electrons. The SMILES string of the molecule is N#Cc1ccc2c(c1)-c1ccc(-n3c4ccccc4c4c3ccc3c5c6ccccc6ccc5n(-c5ccccc5)c34)c3cccc-2c13. The van der Waals surface area contributed by atoms with Gasteiger partial charge in [0.25, 0.3) is 0 Å². The predicted molar refractivity (Wildman–Crippen MR) is 199 cm³/mol. The van der Waals surface area contributed by atoms with Crippen molar-refractivity contribution in [3.63, 3.8) is 0 Å². The molecule has 2 aromatic heterocycles. The van der Waals surface area contributed by atoms with Crippen LogP contribution in [0, 0.1) is 11.3 Å². The Hall–Kier alpha value is -6.63. The van der Waals surface area contributed by atoms with Gasteiger partial charge in [-0.05, 0) is 86.9 Å². The van der Waals surface area contributed by atoms with Crippen LogP contribution in [0.15, 0.2) is 152 Å². The molecule has 10 aromatic rings. The summed E-state index contributed by atoms with van der Waals surface area (Å²) < 4.78 is 4.93. The number of fused-ring (bicyclic) bond motifs is 12. The van der Waals surface area contributed by atoms with Crippen molar-refractivity contribution >= 4 is 65.2 Å². The van der Waals surface area contributed by atoms with Crippen molar-refractivity contribution in [2.24, 2.45) is 0 Å². The first-order valence-electron chi connectivity index (χ1n) is 16.3. The van der Waals surface area contributed by atoms with Crippen molar-refractivity contribution in [2.45, 2.75) is 0 Å². The number of para-hydroxylation sites is 2. The second-order valence-corrected chi connectivity index (χ2v) is 12.8. The number of aromatic nitrogens is 2. The third kappa shape index (κ3) is 3.16. The lowest BCUT2D eigenvalue weighted by molar-refractivity contribution is 1.18. The van der Waals surface area contributed by atoms with E-state index in [1.54, 1.807) is 0 Å². The first-order chi connectivity index (χ1) is 23.8. The van der Waals surface area contributed by atoms with E-state index in [1.165, 1.54) is 81.8 Å². The number of nitrogens with zero attached hydrogens (tertiary/aromatic N) is 3. The van der Waals surface area contributed by atoms with Gasteiger partial charge in [0.2, 0.25) is 0 Å². The van der Waals surface area contributed by atoms with Gasteiger partial charge in [-0.3, -0.25) is 0 Å². The summed E-state index contributed by atoms with van der Waals surface area (Å²) in [6.45, 7) is 0. The molecule has 0 bridgehead atoms. The molecule has 2 heterocycles. The van der Waals surface area contributed by atoms with Crippen LogP contribution in [0.25, 0.3) is 98.8 Å². The fraction of sp³-hybridized carbons (Fsp3) is 0. The van der Waals surface area contributed by atoms with E-state index in [0.29, 0.717) is 5.56 Å². The van der Waals surface area contributed by atoms with Crippen LogP contribution < -0.4 is 0 Å². The quantitative estimate of drug-likeness (QED) is 0.192. The normalized spacial score (nSPS) is 12.1. The zero-order valence-electron chi connectivity index (χ0n) is 25.8. The summed E-state index contributed by atoms with van der Waals surface area (Å²) in [6, 6.07) is 57.1. The maximum atomic E-state index is 9.66. The van der Waals surface area contributed by atoms with Crippen molar-refractivity contribution in [3.8, 4) is 39.7 Å². The van der Waals surface area contributed by atoms with Crippen LogP contribution in [-0.2, 0) is 0 Å². The fourth-order valence-electron chi connectivity index (χ4n) is 8.54. The molecule has 0 aliphatic heterocycles. The molecular weight excluding hydrogens is 583 g/mol. The Balaban J connectivity index is 1.31. The highest BCUT2D eigenvalue weighted by Gasteiger charge is 2.26. The van der Waals surface area contributed by atoms with Crippen molar-refractivity contribution < 1.29 is 0 Å². The van der Waals surface area contributed by atoms with Gasteiger partial charge >= 0.3 is 0 Å². The summed E-state index contributed by atoms with van der Waals surface area (Å²) in [5.74, 6) is 0. The molecule has 1 aliphatic rings. The fourth-order valence-corrected chi connectivity index (χ4v) is 8.54. The van der Waals surface area contributed by atoms with Gasteiger partial charge in [0.05, 0.1) is 39.4 Å². The van der Waals surface area contributed by atoms with Gasteiger partial charge in [-0.25, -0.2) is 0 Å². The van der Waals surface area contributed by atoms with Crippen LogP contribution in [0.2, 0.25) is 0 Å². The molecule has 0 fully saturated rings. The van der Waals surface area contributed by atoms with E-state index in [9.17, 15) is 5.26 Å². The van der Waals surface area contributed by atoms with E-state index in [0.717, 1.165) is 16.9 Å². The monoisotopic (exact) mass is 607 g/mol. The molecule has 11 rings (SSSR count). The van der Waals surface area contributed by atoms with E-state index < -0.39 is 0 Å². The lowest BCUT2D eigenvalue weighted by Crippen LogP contribution is -1.96. The molecule has 0 unspecified atom stereocenters. The third-order valence-electron chi connectivity index (χ3n) is 10.5. The molecule has 0 atom stereocenters. The maximum Gasteiger partial charge on any atom is 0.0991 e. The minimum atomic E-state index is 0.687. The number of hydrogen-bond donors (Lipinski definition) is 0. The Morgan fingerprint density at radius 2 is 1.15 bits per heavy atom. The standard InChI is InChI=1S/C45H25N3/c46-26-27-17-19-31-32-14-8-15-34-39(23-20-33(42(32)34)37(31)25-27)48-38-16-7-6-13-35(38)44-41(48)24-21-36-43-30-12-5-4-9-28(30)18-22-40(43)47(45(36)44)29-10-2-1-3-11-29/h1-25H. The second-order valence-electron chi connectivity index (χ2n) is 12.8. The lowest BCUT2D eigenvalue weighted by atomic mass is 10.0. The van der Waals surface area contributed by atoms with Crippen LogP contribution in [0.3, 0.4) is 0 Å². The summed E-state index contributed by atoms with van der Waals surface area (Å²) in [5.41, 5.74) is 12.5. The minimum Gasteiger partial charge on any atom is -0.309 e. The molecule has 220 valence electrons. The first-order valence-corrected chi connectivity index (χ1v) is 16.3. The molecule has 0 amide bonds. The molecule has 0 saturated carbocycles. The van der Waals surface area contributed by atoms with Gasteiger partial charge in [0.1, 0.15) is 0 Å². The molecule has 3 heteroatoms. The van der Waals surface area contributed by atoms with E-state index in [2.05, 4.69) is 155 Å².